The van der Waals surface area contributed by atoms with Gasteiger partial charge >= 0.3 is 11.2 Å². The van der Waals surface area contributed by atoms with Crippen LogP contribution in [0.3, 0.4) is 0 Å². The third-order valence-electron chi connectivity index (χ3n) is 12.1. The molecule has 10 rings (SSSR count). The van der Waals surface area contributed by atoms with E-state index in [2.05, 4.69) is 75.9 Å². The zero-order valence-corrected chi connectivity index (χ0v) is 34.4. The highest BCUT2D eigenvalue weighted by Gasteiger charge is 2.42. The van der Waals surface area contributed by atoms with Crippen LogP contribution in [0, 0.1) is 0 Å². The number of nitrogens with zero attached hydrogens (tertiary/aromatic N) is 2. The Hall–Kier alpha value is -4.89. The minimum Gasteiger partial charge on any atom is -0.365 e. The van der Waals surface area contributed by atoms with Crippen LogP contribution in [0.25, 0.3) is 74.1 Å². The molecule has 0 aliphatic carbocycles. The Balaban J connectivity index is 1.38. The fourth-order valence-electron chi connectivity index (χ4n) is 8.88. The Morgan fingerprint density at radius 3 is 1.48 bits per heavy atom. The number of hydrogen-bond donors (Lipinski definition) is 2. The SMILES string of the molecule is CN1c2cc3[o+]c4cc5c(cc4c(-c4ccc(S(=O)(=O)O)cc4S(=O)(=O)O)c3cc2-c2sc3ccccc3c2C1(C)C)-c1sc2ccccc2c1C(C)(C)N5C. The van der Waals surface area contributed by atoms with Crippen LogP contribution in [-0.2, 0) is 31.3 Å². The number of rotatable bonds is 3. The molecule has 13 heteroatoms. The van der Waals surface area contributed by atoms with Gasteiger partial charge in [-0.3, -0.25) is 9.11 Å². The van der Waals surface area contributed by atoms with Crippen LogP contribution in [0.1, 0.15) is 38.8 Å². The molecule has 5 aromatic carbocycles. The largest absolute Gasteiger partial charge is 0.365 e. The fourth-order valence-corrected chi connectivity index (χ4v) is 12.9. The molecule has 9 nitrogen and oxygen atoms in total. The molecule has 0 bridgehead atoms. The molecule has 0 spiro atoms. The molecule has 5 heterocycles. The fraction of sp³-hybridized carbons (Fsp3) is 0.186. The average Bonchev–Trinajstić information content (AvgIpc) is 3.74. The zero-order valence-electron chi connectivity index (χ0n) is 31.1. The summed E-state index contributed by atoms with van der Waals surface area (Å²) in [5.41, 5.74) is 6.73. The molecule has 2 aliphatic heterocycles. The third kappa shape index (κ3) is 4.79. The molecule has 282 valence electrons. The van der Waals surface area contributed by atoms with Gasteiger partial charge in [0.05, 0.1) is 50.3 Å². The van der Waals surface area contributed by atoms with Crippen LogP contribution in [0.4, 0.5) is 11.4 Å². The molecule has 0 atom stereocenters. The van der Waals surface area contributed by atoms with E-state index in [9.17, 15) is 25.9 Å². The second-order valence-electron chi connectivity index (χ2n) is 15.7. The molecule has 0 fully saturated rings. The van der Waals surface area contributed by atoms with E-state index in [0.29, 0.717) is 27.5 Å². The predicted octanol–water partition coefficient (Wildman–Crippen LogP) is 11.2. The van der Waals surface area contributed by atoms with Gasteiger partial charge in [0.25, 0.3) is 20.2 Å². The maximum Gasteiger partial charge on any atom is 0.363 e. The second-order valence-corrected chi connectivity index (χ2v) is 20.6. The van der Waals surface area contributed by atoms with Crippen LogP contribution >= 0.6 is 22.7 Å². The monoisotopic (exact) mass is 819 g/mol. The van der Waals surface area contributed by atoms with Crippen molar-refractivity contribution in [2.75, 3.05) is 23.9 Å². The molecule has 3 aromatic heterocycles. The van der Waals surface area contributed by atoms with E-state index in [4.69, 9.17) is 4.42 Å². The Labute approximate surface area is 331 Å². The summed E-state index contributed by atoms with van der Waals surface area (Å²) in [6.45, 7) is 8.79. The quantitative estimate of drug-likeness (QED) is 0.102. The lowest BCUT2D eigenvalue weighted by Crippen LogP contribution is -2.41. The highest BCUT2D eigenvalue weighted by atomic mass is 32.2. The molecule has 2 aliphatic rings. The molecule has 2 N–H and O–H groups in total. The van der Waals surface area contributed by atoms with Gasteiger partial charge in [-0.15, -0.1) is 22.7 Å². The molecule has 0 radical (unpaired) electrons. The van der Waals surface area contributed by atoms with Crippen molar-refractivity contribution in [1.29, 1.82) is 0 Å². The first-order chi connectivity index (χ1) is 26.4. The predicted molar refractivity (Wildman–Crippen MR) is 228 cm³/mol. The van der Waals surface area contributed by atoms with Gasteiger partial charge in [0.2, 0.25) is 0 Å². The summed E-state index contributed by atoms with van der Waals surface area (Å²) in [5.74, 6) is 0. The summed E-state index contributed by atoms with van der Waals surface area (Å²) >= 11 is 3.39. The minimum atomic E-state index is -5.04. The number of hydrogen-bond acceptors (Lipinski definition) is 8. The van der Waals surface area contributed by atoms with Gasteiger partial charge in [0.15, 0.2) is 0 Å². The van der Waals surface area contributed by atoms with Gasteiger partial charge in [-0.1, -0.05) is 42.5 Å². The van der Waals surface area contributed by atoms with Gasteiger partial charge in [-0.2, -0.15) is 16.8 Å². The Kier molecular flexibility index (Phi) is 7.21. The highest BCUT2D eigenvalue weighted by Crippen LogP contribution is 2.58. The number of thiophene rings is 2. The Bertz CT molecular complexity index is 3150. The minimum absolute atomic E-state index is 0.0627. The smallest absolute Gasteiger partial charge is 0.363 e. The van der Waals surface area contributed by atoms with Crippen molar-refractivity contribution in [3.8, 4) is 32.0 Å². The number of anilines is 2. The van der Waals surface area contributed by atoms with Gasteiger partial charge in [0.1, 0.15) is 4.90 Å². The van der Waals surface area contributed by atoms with Crippen molar-refractivity contribution in [1.82, 2.24) is 0 Å². The van der Waals surface area contributed by atoms with Crippen molar-refractivity contribution in [3.05, 3.63) is 102 Å². The van der Waals surface area contributed by atoms with E-state index in [1.165, 1.54) is 17.2 Å². The maximum atomic E-state index is 13.2. The van der Waals surface area contributed by atoms with E-state index >= 15 is 0 Å². The highest BCUT2D eigenvalue weighted by molar-refractivity contribution is 7.86. The summed E-state index contributed by atoms with van der Waals surface area (Å²) in [7, 11) is -5.74. The summed E-state index contributed by atoms with van der Waals surface area (Å²) < 4.78 is 81.0. The molecule has 56 heavy (non-hydrogen) atoms. The summed E-state index contributed by atoms with van der Waals surface area (Å²) in [6, 6.07) is 27.9. The zero-order chi connectivity index (χ0) is 39.4. The van der Waals surface area contributed by atoms with Gasteiger partial charge in [-0.25, -0.2) is 4.42 Å². The first kappa shape index (κ1) is 35.5. The summed E-state index contributed by atoms with van der Waals surface area (Å²) in [4.78, 5) is 5.32. The lowest BCUT2D eigenvalue weighted by atomic mass is 9.82. The van der Waals surface area contributed by atoms with E-state index in [-0.39, 0.29) is 5.56 Å². The first-order valence-electron chi connectivity index (χ1n) is 17.9. The lowest BCUT2D eigenvalue weighted by molar-refractivity contribution is 0.481. The number of benzene rings is 5. The summed E-state index contributed by atoms with van der Waals surface area (Å²) in [6.07, 6.45) is 0. The van der Waals surface area contributed by atoms with Crippen LogP contribution in [0.15, 0.2) is 105 Å². The Morgan fingerprint density at radius 1 is 0.571 bits per heavy atom. The van der Waals surface area contributed by atoms with Crippen LogP contribution in [-0.4, -0.2) is 40.0 Å². The molecular weight excluding hydrogens is 785 g/mol. The molecule has 0 saturated carbocycles. The topological polar surface area (TPSA) is 127 Å². The molecule has 0 amide bonds. The maximum absolute atomic E-state index is 13.2. The summed E-state index contributed by atoms with van der Waals surface area (Å²) in [5, 5.41) is 3.45. The molecular formula is C43H35N2O7S4+. The van der Waals surface area contributed by atoms with Gasteiger partial charge < -0.3 is 9.80 Å². The van der Waals surface area contributed by atoms with Crippen LogP contribution < -0.4 is 9.80 Å². The normalized spacial score (nSPS) is 16.0. The lowest BCUT2D eigenvalue weighted by Gasteiger charge is -2.43. The van der Waals surface area contributed by atoms with E-state index in [1.807, 2.05) is 48.5 Å². The average molecular weight is 820 g/mol. The van der Waals surface area contributed by atoms with Gasteiger partial charge in [-0.05, 0) is 74.9 Å². The van der Waals surface area contributed by atoms with E-state index in [0.717, 1.165) is 64.6 Å². The standard InChI is InChI=1S/C43H34N2O7S4/c1-42(2)38-23-11-7-9-13-34(23)53-40(38)26-18-28-32(20-30(26)44(42)5)52-33-21-31-27(41-39(43(3,4)45(31)6)24-12-8-10-14-35(24)54-41)19-29(33)37(28)25-16-15-22(55(46,47)48)17-36(25)56(49,50)51/h7-21H,1-6H3,(H-,46,47,48,49,50,51)/p+1. The third-order valence-corrected chi connectivity index (χ3v) is 16.2. The first-order valence-corrected chi connectivity index (χ1v) is 22.4. The van der Waals surface area contributed by atoms with E-state index < -0.39 is 41.1 Å². The van der Waals surface area contributed by atoms with Crippen molar-refractivity contribution in [2.24, 2.45) is 0 Å². The molecule has 8 aromatic rings. The Morgan fingerprint density at radius 2 is 1.04 bits per heavy atom. The van der Waals surface area contributed by atoms with E-state index in [1.54, 1.807) is 22.7 Å². The van der Waals surface area contributed by atoms with Crippen molar-refractivity contribution >= 4 is 96.4 Å². The molecule has 0 unspecified atom stereocenters. The van der Waals surface area contributed by atoms with Crippen LogP contribution in [0.5, 0.6) is 0 Å². The van der Waals surface area contributed by atoms with Gasteiger partial charge in [0, 0.05) is 66.6 Å². The van der Waals surface area contributed by atoms with Crippen molar-refractivity contribution in [3.63, 3.8) is 0 Å². The molecule has 0 saturated heterocycles. The number of fused-ring (bicyclic) bond motifs is 12. The van der Waals surface area contributed by atoms with Crippen LogP contribution in [0.2, 0.25) is 0 Å². The van der Waals surface area contributed by atoms with Crippen molar-refractivity contribution < 1.29 is 30.4 Å². The van der Waals surface area contributed by atoms with Crippen molar-refractivity contribution in [2.45, 2.75) is 48.6 Å². The second kappa shape index (κ2) is 11.4.